The molecule has 0 bridgehead atoms. The molecule has 136 valence electrons. The second-order valence-corrected chi connectivity index (χ2v) is 5.92. The lowest BCUT2D eigenvalue weighted by atomic mass is 9.81. The molecule has 3 N–H and O–H groups in total. The lowest BCUT2D eigenvalue weighted by Gasteiger charge is -2.28. The number of carbonyl (C=O) groups is 3. The molecule has 8 nitrogen and oxygen atoms in total. The molecule has 2 heterocycles. The lowest BCUT2D eigenvalue weighted by molar-refractivity contribution is -0.711. The van der Waals surface area contributed by atoms with Gasteiger partial charge in [0.05, 0.1) is 11.5 Å². The van der Waals surface area contributed by atoms with Gasteiger partial charge in [-0.2, -0.15) is 4.57 Å². The van der Waals surface area contributed by atoms with Crippen molar-refractivity contribution in [1.29, 1.82) is 0 Å². The van der Waals surface area contributed by atoms with E-state index in [1.807, 2.05) is 5.87 Å². The van der Waals surface area contributed by atoms with Crippen LogP contribution in [0, 0.1) is 0 Å². The van der Waals surface area contributed by atoms with Crippen molar-refractivity contribution in [3.63, 3.8) is 0 Å². The van der Waals surface area contributed by atoms with E-state index in [2.05, 4.69) is 5.32 Å². The predicted octanol–water partition coefficient (Wildman–Crippen LogP) is -0.0150. The standard InChI is InChI=1S/C19H16N4O4/c20-10-14-16(12-5-4-6-13(9-12)27-11-15(21)24)17(19(26)22-18(14)25)23-7-2-1-3-8-23/h1-9,16-17H,11H2,(H2,21,24)(H,22,25,26)/t16-,17+/m0/s1. The first-order valence-electron chi connectivity index (χ1n) is 8.10. The van der Waals surface area contributed by atoms with Gasteiger partial charge in [-0.25, -0.2) is 0 Å². The second-order valence-electron chi connectivity index (χ2n) is 5.92. The number of aromatic nitrogens is 1. The van der Waals surface area contributed by atoms with Gasteiger partial charge in [-0.15, -0.1) is 0 Å². The van der Waals surface area contributed by atoms with Crippen LogP contribution >= 0.6 is 0 Å². The Hall–Kier alpha value is -3.77. The summed E-state index contributed by atoms with van der Waals surface area (Å²) in [5, 5.41) is 11.8. The Morgan fingerprint density at radius 2 is 1.96 bits per heavy atom. The van der Waals surface area contributed by atoms with E-state index in [0.29, 0.717) is 11.3 Å². The molecule has 0 radical (unpaired) electrons. The molecule has 2 atom stereocenters. The number of primary amides is 1. The van der Waals surface area contributed by atoms with Crippen LogP contribution in [-0.2, 0) is 14.4 Å². The third-order valence-electron chi connectivity index (χ3n) is 4.16. The molecule has 1 aliphatic rings. The Bertz CT molecular complexity index is 951. The van der Waals surface area contributed by atoms with Gasteiger partial charge >= 0.3 is 0 Å². The molecule has 1 aliphatic heterocycles. The third-order valence-corrected chi connectivity index (χ3v) is 4.16. The van der Waals surface area contributed by atoms with Gasteiger partial charge < -0.3 is 15.9 Å². The van der Waals surface area contributed by atoms with Gasteiger partial charge in [0.2, 0.25) is 6.04 Å². The molecular formula is C19H16N4O4. The molecule has 2 aromatic rings. The first kappa shape index (κ1) is 18.0. The number of imide groups is 1. The van der Waals surface area contributed by atoms with E-state index in [-0.39, 0.29) is 12.2 Å². The zero-order chi connectivity index (χ0) is 19.4. The zero-order valence-electron chi connectivity index (χ0n) is 14.2. The summed E-state index contributed by atoms with van der Waals surface area (Å²) >= 11 is 0. The van der Waals surface area contributed by atoms with Crippen molar-refractivity contribution in [1.82, 2.24) is 5.32 Å². The maximum Gasteiger partial charge on any atom is 0.296 e. The molecule has 0 spiro atoms. The first-order chi connectivity index (χ1) is 13.0. The monoisotopic (exact) mass is 364 g/mol. The smallest absolute Gasteiger partial charge is 0.296 e. The molecular weight excluding hydrogens is 348 g/mol. The lowest BCUT2D eigenvalue weighted by Crippen LogP contribution is -2.57. The number of pyridine rings is 1. The topological polar surface area (TPSA) is 125 Å². The maximum atomic E-state index is 12.6. The first-order valence-corrected chi connectivity index (χ1v) is 8.10. The summed E-state index contributed by atoms with van der Waals surface area (Å²) in [5.74, 6) is -0.402. The molecule has 0 saturated carbocycles. The minimum absolute atomic E-state index is 0.0806. The Kier molecular flexibility index (Phi) is 5.10. The number of nitrogens with zero attached hydrogens (tertiary/aromatic N) is 2. The molecule has 1 saturated heterocycles. The van der Waals surface area contributed by atoms with E-state index >= 15 is 0 Å². The molecule has 0 aliphatic carbocycles. The fraction of sp³-hybridized carbons (Fsp3) is 0.158. The summed E-state index contributed by atoms with van der Waals surface area (Å²) in [6.07, 6.45) is 3.38. The highest BCUT2D eigenvalue weighted by Crippen LogP contribution is 2.36. The quantitative estimate of drug-likeness (QED) is 0.335. The highest BCUT2D eigenvalue weighted by Gasteiger charge is 2.46. The normalized spacial score (nSPS) is 19.2. The van der Waals surface area contributed by atoms with Gasteiger partial charge in [0.15, 0.2) is 19.0 Å². The number of rotatable bonds is 5. The summed E-state index contributed by atoms with van der Waals surface area (Å²) in [6.45, 7) is -0.306. The number of nitrogens with one attached hydrogen (secondary N) is 1. The van der Waals surface area contributed by atoms with Gasteiger partial charge in [-0.05, 0) is 17.7 Å². The van der Waals surface area contributed by atoms with Crippen molar-refractivity contribution in [3.8, 4) is 5.75 Å². The van der Waals surface area contributed by atoms with Crippen molar-refractivity contribution in [3.05, 3.63) is 71.4 Å². The van der Waals surface area contributed by atoms with Crippen LogP contribution in [0.4, 0.5) is 0 Å². The molecule has 27 heavy (non-hydrogen) atoms. The maximum absolute atomic E-state index is 12.6. The third kappa shape index (κ3) is 3.75. The predicted molar refractivity (Wildman–Crippen MR) is 94.6 cm³/mol. The van der Waals surface area contributed by atoms with Crippen LogP contribution < -0.4 is 20.4 Å². The van der Waals surface area contributed by atoms with Crippen LogP contribution in [0.2, 0.25) is 0 Å². The number of amides is 3. The molecule has 0 unspecified atom stereocenters. The Labute approximate surface area is 154 Å². The van der Waals surface area contributed by atoms with Crippen molar-refractivity contribution in [2.75, 3.05) is 6.61 Å². The van der Waals surface area contributed by atoms with Gasteiger partial charge in [-0.3, -0.25) is 25.6 Å². The zero-order valence-corrected chi connectivity index (χ0v) is 14.2. The summed E-state index contributed by atoms with van der Waals surface area (Å²) in [6, 6.07) is 11.0. The van der Waals surface area contributed by atoms with Gasteiger partial charge in [0.25, 0.3) is 17.7 Å². The average molecular weight is 364 g/mol. The van der Waals surface area contributed by atoms with Gasteiger partial charge in [-0.1, -0.05) is 18.2 Å². The van der Waals surface area contributed by atoms with Gasteiger partial charge in [0, 0.05) is 12.1 Å². The fourth-order valence-electron chi connectivity index (χ4n) is 3.03. The average Bonchev–Trinajstić information content (AvgIpc) is 2.66. The number of nitrogens with two attached hydrogens (primary N) is 1. The minimum Gasteiger partial charge on any atom is -0.763 e. The minimum atomic E-state index is -0.829. The van der Waals surface area contributed by atoms with E-state index in [4.69, 9.17) is 10.5 Å². The van der Waals surface area contributed by atoms with Crippen LogP contribution in [0.3, 0.4) is 0 Å². The molecule has 1 aromatic heterocycles. The Balaban J connectivity index is 2.08. The van der Waals surface area contributed by atoms with E-state index in [1.165, 1.54) is 0 Å². The summed E-state index contributed by atoms with van der Waals surface area (Å²) in [5.41, 5.74) is 5.55. The Morgan fingerprint density at radius 3 is 2.63 bits per heavy atom. The van der Waals surface area contributed by atoms with Gasteiger partial charge in [0.1, 0.15) is 5.75 Å². The van der Waals surface area contributed by atoms with Crippen molar-refractivity contribution < 1.29 is 23.7 Å². The van der Waals surface area contributed by atoms with E-state index in [1.54, 1.807) is 59.4 Å². The second kappa shape index (κ2) is 7.63. The number of hydrogen-bond acceptors (Lipinski definition) is 4. The highest BCUT2D eigenvalue weighted by atomic mass is 16.5. The van der Waals surface area contributed by atoms with E-state index in [9.17, 15) is 19.8 Å². The molecule has 1 fully saturated rings. The number of hydrogen-bond donors (Lipinski definition) is 2. The number of ether oxygens (including phenoxy) is 1. The summed E-state index contributed by atoms with van der Waals surface area (Å²) in [7, 11) is 0. The Morgan fingerprint density at radius 1 is 1.22 bits per heavy atom. The largest absolute Gasteiger partial charge is 0.763 e. The van der Waals surface area contributed by atoms with Crippen LogP contribution in [0.1, 0.15) is 17.5 Å². The highest BCUT2D eigenvalue weighted by molar-refractivity contribution is 6.14. The van der Waals surface area contributed by atoms with Crippen molar-refractivity contribution in [2.45, 2.75) is 12.0 Å². The van der Waals surface area contributed by atoms with Crippen molar-refractivity contribution in [2.24, 2.45) is 5.73 Å². The summed E-state index contributed by atoms with van der Waals surface area (Å²) < 4.78 is 6.94. The molecule has 3 rings (SSSR count). The van der Waals surface area contributed by atoms with Crippen LogP contribution in [0.25, 0.3) is 5.41 Å². The number of carbonyl (C=O) groups excluding carboxylic acids is 3. The molecule has 8 heteroatoms. The number of benzene rings is 1. The van der Waals surface area contributed by atoms with Crippen molar-refractivity contribution >= 4 is 23.6 Å². The van der Waals surface area contributed by atoms with Crippen LogP contribution in [0.15, 0.2) is 60.4 Å². The SMILES string of the molecule is [N-]=C=C1C(=O)NC(=O)[C@H]([n+]2ccccc2)[C@H]1c1cccc(OCC(N)=O)c1. The van der Waals surface area contributed by atoms with Crippen LogP contribution in [-0.4, -0.2) is 30.2 Å². The fourth-order valence-corrected chi connectivity index (χ4v) is 3.03. The van der Waals surface area contributed by atoms with E-state index < -0.39 is 29.7 Å². The molecule has 3 amide bonds. The molecule has 1 aromatic carbocycles. The van der Waals surface area contributed by atoms with E-state index in [0.717, 1.165) is 0 Å². The van der Waals surface area contributed by atoms with Crippen LogP contribution in [0.5, 0.6) is 5.75 Å². The number of piperidine rings is 1. The summed E-state index contributed by atoms with van der Waals surface area (Å²) in [4.78, 5) is 35.7.